The fourth-order valence-electron chi connectivity index (χ4n) is 5.56. The molecule has 0 radical (unpaired) electrons. The number of H-pyrrole nitrogens is 1. The van der Waals surface area contributed by atoms with Crippen molar-refractivity contribution >= 4 is 28.5 Å². The Morgan fingerprint density at radius 1 is 1.22 bits per heavy atom. The van der Waals surface area contributed by atoms with Crippen LogP contribution in [0, 0.1) is 11.8 Å². The second-order valence-corrected chi connectivity index (χ2v) is 9.16. The number of hydrogen-bond donors (Lipinski definition) is 4. The van der Waals surface area contributed by atoms with Crippen LogP contribution in [0.3, 0.4) is 0 Å². The Morgan fingerprint density at radius 2 is 2.00 bits per heavy atom. The quantitative estimate of drug-likeness (QED) is 0.388. The van der Waals surface area contributed by atoms with E-state index in [2.05, 4.69) is 35.4 Å². The number of nitrogens with one attached hydrogen (secondary N) is 1. The highest BCUT2D eigenvalue weighted by Crippen LogP contribution is 2.45. The van der Waals surface area contributed by atoms with Crippen LogP contribution in [0.25, 0.3) is 11.0 Å². The van der Waals surface area contributed by atoms with E-state index in [0.717, 1.165) is 13.1 Å². The van der Waals surface area contributed by atoms with Crippen molar-refractivity contribution in [2.24, 2.45) is 11.8 Å². The van der Waals surface area contributed by atoms with Crippen molar-refractivity contribution in [3.05, 3.63) is 23.4 Å². The minimum atomic E-state index is -1.99. The average Bonchev–Trinajstić information content (AvgIpc) is 3.57. The molecule has 0 unspecified atom stereocenters. The summed E-state index contributed by atoms with van der Waals surface area (Å²) < 4.78 is 7.20. The van der Waals surface area contributed by atoms with Crippen LogP contribution in [-0.4, -0.2) is 82.4 Å². The van der Waals surface area contributed by atoms with Gasteiger partial charge in [-0.2, -0.15) is 30.5 Å². The predicted octanol–water partition coefficient (Wildman–Crippen LogP) is -0.0275. The number of aromatic nitrogens is 7. The third-order valence-electron chi connectivity index (χ3n) is 7.18. The highest BCUT2D eigenvalue weighted by Gasteiger charge is 2.59. The van der Waals surface area contributed by atoms with Crippen LogP contribution < -0.4 is 4.90 Å². The zero-order valence-electron chi connectivity index (χ0n) is 17.0. The summed E-state index contributed by atoms with van der Waals surface area (Å²) in [4.78, 5) is 11.0. The van der Waals surface area contributed by atoms with E-state index < -0.39 is 30.6 Å². The first-order chi connectivity index (χ1) is 15.5. The molecule has 12 nitrogen and oxygen atoms in total. The van der Waals surface area contributed by atoms with Gasteiger partial charge in [0.15, 0.2) is 17.5 Å². The van der Waals surface area contributed by atoms with E-state index >= 15 is 0 Å². The van der Waals surface area contributed by atoms with Gasteiger partial charge in [0.05, 0.1) is 24.4 Å². The lowest BCUT2D eigenvalue weighted by Crippen LogP contribution is -2.46. The number of hydrogen-bond acceptors (Lipinski definition) is 10. The second kappa shape index (κ2) is 7.32. The Morgan fingerprint density at radius 3 is 2.69 bits per heavy atom. The van der Waals surface area contributed by atoms with Gasteiger partial charge in [0.25, 0.3) is 0 Å². The number of aliphatic hydroxyl groups is 3. The summed E-state index contributed by atoms with van der Waals surface area (Å²) in [5.74, 6) is 2.03. The summed E-state index contributed by atoms with van der Waals surface area (Å²) in [6, 6.07) is 0. The summed E-state index contributed by atoms with van der Waals surface area (Å²) in [5.41, 5.74) is -1.56. The van der Waals surface area contributed by atoms with Crippen molar-refractivity contribution in [2.45, 2.75) is 43.3 Å². The van der Waals surface area contributed by atoms with E-state index in [9.17, 15) is 15.3 Å². The molecule has 3 fully saturated rings. The lowest BCUT2D eigenvalue weighted by molar-refractivity contribution is -0.101. The molecule has 2 aliphatic heterocycles. The molecule has 0 amide bonds. The molecule has 32 heavy (non-hydrogen) atoms. The summed E-state index contributed by atoms with van der Waals surface area (Å²) in [6.07, 6.45) is 2.84. The van der Waals surface area contributed by atoms with Crippen LogP contribution in [0.4, 0.5) is 5.82 Å². The van der Waals surface area contributed by atoms with E-state index in [-0.39, 0.29) is 11.0 Å². The van der Waals surface area contributed by atoms with Gasteiger partial charge < -0.3 is 25.0 Å². The van der Waals surface area contributed by atoms with Crippen LogP contribution in [0.1, 0.15) is 31.2 Å². The fraction of sp³-hybridized carbons (Fsp3) is 0.632. The van der Waals surface area contributed by atoms with E-state index in [1.54, 1.807) is 6.20 Å². The van der Waals surface area contributed by atoms with E-state index in [4.69, 9.17) is 16.3 Å². The summed E-state index contributed by atoms with van der Waals surface area (Å²) in [7, 11) is 0. The molecule has 2 saturated heterocycles. The van der Waals surface area contributed by atoms with Crippen molar-refractivity contribution in [3.8, 4) is 0 Å². The summed E-state index contributed by atoms with van der Waals surface area (Å²) in [6.45, 7) is 1.28. The molecule has 3 aromatic heterocycles. The van der Waals surface area contributed by atoms with Gasteiger partial charge in [-0.25, -0.2) is 4.68 Å². The lowest BCUT2D eigenvalue weighted by Gasteiger charge is -2.27. The molecule has 4 N–H and O–H groups in total. The van der Waals surface area contributed by atoms with Gasteiger partial charge in [-0.05, 0) is 36.3 Å². The zero-order chi connectivity index (χ0) is 22.0. The maximum absolute atomic E-state index is 11.2. The molecular weight excluding hydrogens is 440 g/mol. The molecule has 13 heteroatoms. The van der Waals surface area contributed by atoms with Crippen LogP contribution >= 0.6 is 11.6 Å². The third-order valence-corrected chi connectivity index (χ3v) is 7.35. The first-order valence-electron chi connectivity index (χ1n) is 10.7. The second-order valence-electron chi connectivity index (χ2n) is 8.82. The molecule has 5 heterocycles. The van der Waals surface area contributed by atoms with Gasteiger partial charge in [-0.15, -0.1) is 0 Å². The molecule has 6 atom stereocenters. The van der Waals surface area contributed by atoms with Gasteiger partial charge in [0.2, 0.25) is 5.28 Å². The van der Waals surface area contributed by atoms with Crippen LogP contribution in [0.5, 0.6) is 0 Å². The molecule has 0 spiro atoms. The number of aliphatic hydroxyl groups excluding tert-OH is 2. The number of fused-ring (bicyclic) bond motifs is 2. The molecule has 3 aliphatic rings. The number of ether oxygens (including phenoxy) is 1. The Balaban J connectivity index is 1.40. The van der Waals surface area contributed by atoms with Crippen molar-refractivity contribution < 1.29 is 20.1 Å². The normalized spacial score (nSPS) is 34.6. The van der Waals surface area contributed by atoms with Crippen molar-refractivity contribution in [2.75, 3.05) is 24.6 Å². The van der Waals surface area contributed by atoms with Crippen LogP contribution in [0.15, 0.2) is 12.4 Å². The fourth-order valence-corrected chi connectivity index (χ4v) is 5.72. The largest absolute Gasteiger partial charge is 0.394 e. The molecule has 1 aliphatic carbocycles. The van der Waals surface area contributed by atoms with Crippen LogP contribution in [0.2, 0.25) is 5.28 Å². The Labute approximate surface area is 187 Å². The smallest absolute Gasteiger partial charge is 0.226 e. The van der Waals surface area contributed by atoms with Gasteiger partial charge in [0.1, 0.15) is 23.7 Å². The number of aromatic amines is 1. The summed E-state index contributed by atoms with van der Waals surface area (Å²) >= 11 is 6.28. The molecule has 0 aromatic carbocycles. The monoisotopic (exact) mass is 462 g/mol. The number of nitrogens with zero attached hydrogens (tertiary/aromatic N) is 7. The first-order valence-corrected chi connectivity index (χ1v) is 11.1. The van der Waals surface area contributed by atoms with Gasteiger partial charge in [-0.3, -0.25) is 0 Å². The lowest BCUT2D eigenvalue weighted by atomic mass is 9.89. The first kappa shape index (κ1) is 20.2. The Hall–Kier alpha value is -2.38. The maximum Gasteiger partial charge on any atom is 0.226 e. The van der Waals surface area contributed by atoms with Gasteiger partial charge in [0, 0.05) is 13.1 Å². The zero-order valence-corrected chi connectivity index (χ0v) is 17.8. The molecular formula is C19H23ClN8O4. The molecule has 6 rings (SSSR count). The van der Waals surface area contributed by atoms with E-state index in [1.165, 1.54) is 30.1 Å². The third kappa shape index (κ3) is 2.80. The molecule has 3 aromatic rings. The average molecular weight is 463 g/mol. The molecule has 170 valence electrons. The number of anilines is 1. The van der Waals surface area contributed by atoms with Crippen LogP contribution in [-0.2, 0) is 10.3 Å². The number of rotatable bonds is 4. The van der Waals surface area contributed by atoms with E-state index in [1.807, 2.05) is 0 Å². The summed E-state index contributed by atoms with van der Waals surface area (Å²) in [5, 5.41) is 47.2. The number of halogens is 1. The Kier molecular flexibility index (Phi) is 4.63. The van der Waals surface area contributed by atoms with Gasteiger partial charge >= 0.3 is 0 Å². The molecule has 0 bridgehead atoms. The maximum atomic E-state index is 11.2. The van der Waals surface area contributed by atoms with Crippen molar-refractivity contribution in [1.82, 2.24) is 35.2 Å². The SMILES string of the molecule is OC[C@H]1O[C@@H](n2ncc3c(N4C[C@H]5CCC[C@H]5C4)nc(Cl)nc32)[C@H](O)[C@@]1(O)c1cn[nH]n1. The van der Waals surface area contributed by atoms with E-state index in [0.29, 0.717) is 28.7 Å². The standard InChI is InChI=1S/C19H23ClN8O4/c20-18-23-15(27-6-9-2-1-3-10(9)7-27)11-4-22-28(16(11)24-18)17-14(30)19(31,13(8-29)32-17)12-5-21-26-25-12/h4-5,9-10,13-14,17,29-31H,1-3,6-8H2,(H,21,25,26)/t9-,10+,13-,14+,17-,19-/m1/s1. The topological polar surface area (TPSA) is 158 Å². The predicted molar refractivity (Wildman–Crippen MR) is 111 cm³/mol. The minimum Gasteiger partial charge on any atom is -0.394 e. The Bertz CT molecular complexity index is 1130. The van der Waals surface area contributed by atoms with Gasteiger partial charge in [-0.1, -0.05) is 6.42 Å². The molecule has 1 saturated carbocycles. The van der Waals surface area contributed by atoms with Crippen molar-refractivity contribution in [1.29, 1.82) is 0 Å². The highest BCUT2D eigenvalue weighted by atomic mass is 35.5. The van der Waals surface area contributed by atoms with Crippen molar-refractivity contribution in [3.63, 3.8) is 0 Å². The highest BCUT2D eigenvalue weighted by molar-refractivity contribution is 6.28. The minimum absolute atomic E-state index is 0.0555.